The molecule has 0 saturated heterocycles. The number of benzene rings is 2. The predicted octanol–water partition coefficient (Wildman–Crippen LogP) is 3.16. The molecule has 0 atom stereocenters. The van der Waals surface area contributed by atoms with E-state index in [1.165, 1.54) is 5.23 Å². The zero-order chi connectivity index (χ0) is 13.4. The molecule has 0 amide bonds. The van der Waals surface area contributed by atoms with E-state index in [1.54, 1.807) is 12.1 Å². The van der Waals surface area contributed by atoms with E-state index in [1.807, 2.05) is 44.2 Å². The first kappa shape index (κ1) is 11.8. The molecule has 5 heteroatoms. The highest BCUT2D eigenvalue weighted by Gasteiger charge is 2.28. The molecule has 98 valence electrons. The smallest absolute Gasteiger partial charge is 0.161 e. The van der Waals surface area contributed by atoms with Gasteiger partial charge in [0.15, 0.2) is 5.75 Å². The van der Waals surface area contributed by atoms with Crippen LogP contribution in [0.25, 0.3) is 0 Å². The van der Waals surface area contributed by atoms with Crippen LogP contribution in [0.2, 0.25) is 0 Å². The Morgan fingerprint density at radius 1 is 1.00 bits per heavy atom. The highest BCUT2D eigenvalue weighted by Crippen LogP contribution is 2.36. The Labute approximate surface area is 111 Å². The van der Waals surface area contributed by atoms with E-state index in [2.05, 4.69) is 0 Å². The van der Waals surface area contributed by atoms with Crippen molar-refractivity contribution in [1.82, 2.24) is 0 Å². The number of aryl methyl sites for hydroxylation is 1. The number of hydrogen-bond acceptors (Lipinski definition) is 5. The van der Waals surface area contributed by atoms with Crippen LogP contribution in [0.5, 0.6) is 5.75 Å². The summed E-state index contributed by atoms with van der Waals surface area (Å²) in [5.74, 6) is 0.685. The lowest BCUT2D eigenvalue weighted by Crippen LogP contribution is -2.28. The summed E-state index contributed by atoms with van der Waals surface area (Å²) in [6.07, 6.45) is 0. The fourth-order valence-corrected chi connectivity index (χ4v) is 1.92. The van der Waals surface area contributed by atoms with Crippen LogP contribution in [0.15, 0.2) is 42.5 Å². The summed E-state index contributed by atoms with van der Waals surface area (Å²) in [4.78, 5) is 10.8. The highest BCUT2D eigenvalue weighted by molar-refractivity contribution is 5.70. The van der Waals surface area contributed by atoms with E-state index in [4.69, 9.17) is 9.78 Å². The van der Waals surface area contributed by atoms with Crippen LogP contribution >= 0.6 is 0 Å². The van der Waals surface area contributed by atoms with Crippen molar-refractivity contribution < 1.29 is 15.0 Å². The first-order valence-corrected chi connectivity index (χ1v) is 5.97. The minimum absolute atomic E-state index is 0.535. The van der Waals surface area contributed by atoms with Gasteiger partial charge in [-0.1, -0.05) is 39.7 Å². The minimum atomic E-state index is 0.535. The zero-order valence-electron chi connectivity index (χ0n) is 10.7. The number of anilines is 2. The van der Waals surface area contributed by atoms with Crippen molar-refractivity contribution in [2.45, 2.75) is 13.8 Å². The fraction of sp³-hybridized carbons (Fsp3) is 0.143. The van der Waals surface area contributed by atoms with E-state index in [-0.39, 0.29) is 0 Å². The molecule has 0 bridgehead atoms. The lowest BCUT2D eigenvalue weighted by Gasteiger charge is -2.18. The van der Waals surface area contributed by atoms with Gasteiger partial charge in [0.25, 0.3) is 0 Å². The molecule has 1 heterocycles. The largest absolute Gasteiger partial charge is 0.351 e. The van der Waals surface area contributed by atoms with Crippen molar-refractivity contribution in [3.63, 3.8) is 0 Å². The van der Waals surface area contributed by atoms with E-state index >= 15 is 0 Å². The maximum Gasteiger partial charge on any atom is 0.161 e. The number of fused-ring (bicyclic) bond motifs is 1. The van der Waals surface area contributed by atoms with Crippen molar-refractivity contribution in [1.29, 1.82) is 0 Å². The van der Waals surface area contributed by atoms with E-state index in [9.17, 15) is 5.21 Å². The van der Waals surface area contributed by atoms with Crippen molar-refractivity contribution >= 4 is 11.4 Å². The van der Waals surface area contributed by atoms with Gasteiger partial charge in [-0.25, -0.2) is 0 Å². The molecule has 19 heavy (non-hydrogen) atoms. The molecule has 0 aliphatic carbocycles. The van der Waals surface area contributed by atoms with E-state index in [0.717, 1.165) is 11.1 Å². The average molecular weight is 258 g/mol. The first-order chi connectivity index (χ1) is 9.16. The van der Waals surface area contributed by atoms with Gasteiger partial charge in [0.2, 0.25) is 0 Å². The molecule has 0 aromatic heterocycles. The lowest BCUT2D eigenvalue weighted by atomic mass is 10.1. The van der Waals surface area contributed by atoms with Crippen LogP contribution in [-0.4, -0.2) is 5.21 Å². The Hall–Kier alpha value is -2.24. The summed E-state index contributed by atoms with van der Waals surface area (Å²) in [5.41, 5.74) is 3.34. The second-order valence-electron chi connectivity index (χ2n) is 4.39. The third-order valence-electron chi connectivity index (χ3n) is 3.17. The average Bonchev–Trinajstić information content (AvgIpc) is 2.73. The highest BCUT2D eigenvalue weighted by atomic mass is 17.1. The van der Waals surface area contributed by atoms with Gasteiger partial charge in [-0.15, -0.1) is 0 Å². The van der Waals surface area contributed by atoms with E-state index < -0.39 is 0 Å². The van der Waals surface area contributed by atoms with Gasteiger partial charge < -0.3 is 4.84 Å². The predicted molar refractivity (Wildman–Crippen MR) is 70.8 cm³/mol. The lowest BCUT2D eigenvalue weighted by molar-refractivity contribution is -0.105. The molecule has 5 nitrogen and oxygen atoms in total. The van der Waals surface area contributed by atoms with Gasteiger partial charge in [0.1, 0.15) is 11.4 Å². The second kappa shape index (κ2) is 4.46. The summed E-state index contributed by atoms with van der Waals surface area (Å²) < 4.78 is 0. The van der Waals surface area contributed by atoms with Gasteiger partial charge in [0.05, 0.1) is 0 Å². The molecular weight excluding hydrogens is 244 g/mol. The second-order valence-corrected chi connectivity index (χ2v) is 4.39. The molecule has 0 spiro atoms. The maximum absolute atomic E-state index is 9.64. The summed E-state index contributed by atoms with van der Waals surface area (Å²) in [6, 6.07) is 13.0. The third-order valence-corrected chi connectivity index (χ3v) is 3.17. The Balaban J connectivity index is 1.91. The SMILES string of the molecule is Cc1cccc(ON2ON(O)c3ccccc32)c1C. The molecule has 1 aliphatic rings. The molecule has 1 N–H and O–H groups in total. The van der Waals surface area contributed by atoms with Crippen molar-refractivity contribution in [3.05, 3.63) is 53.6 Å². The Morgan fingerprint density at radius 2 is 1.74 bits per heavy atom. The fourth-order valence-electron chi connectivity index (χ4n) is 1.92. The monoisotopic (exact) mass is 258 g/mol. The van der Waals surface area contributed by atoms with Gasteiger partial charge in [0, 0.05) is 0 Å². The number of rotatable bonds is 2. The van der Waals surface area contributed by atoms with E-state index in [0.29, 0.717) is 22.4 Å². The summed E-state index contributed by atoms with van der Waals surface area (Å²) in [6.45, 7) is 3.99. The van der Waals surface area contributed by atoms with Crippen LogP contribution in [0.4, 0.5) is 11.4 Å². The molecule has 3 rings (SSSR count). The number of nitrogens with zero attached hydrogens (tertiary/aromatic N) is 2. The summed E-state index contributed by atoms with van der Waals surface area (Å²) >= 11 is 0. The van der Waals surface area contributed by atoms with Crippen LogP contribution in [0.3, 0.4) is 0 Å². The molecule has 2 aromatic rings. The summed E-state index contributed by atoms with van der Waals surface area (Å²) in [7, 11) is 0. The Kier molecular flexibility index (Phi) is 2.77. The van der Waals surface area contributed by atoms with Crippen LogP contribution in [0.1, 0.15) is 11.1 Å². The Bertz CT molecular complexity index is 615. The van der Waals surface area contributed by atoms with Gasteiger partial charge in [-0.2, -0.15) is 0 Å². The molecule has 0 saturated carbocycles. The third kappa shape index (κ3) is 1.99. The molecule has 1 aliphatic heterocycles. The molecule has 2 aromatic carbocycles. The number of para-hydroxylation sites is 2. The Morgan fingerprint density at radius 3 is 2.53 bits per heavy atom. The summed E-state index contributed by atoms with van der Waals surface area (Å²) in [5, 5.41) is 11.5. The van der Waals surface area contributed by atoms with Crippen LogP contribution < -0.4 is 15.3 Å². The van der Waals surface area contributed by atoms with Crippen molar-refractivity contribution in [3.8, 4) is 5.75 Å². The van der Waals surface area contributed by atoms with Gasteiger partial charge >= 0.3 is 0 Å². The van der Waals surface area contributed by atoms with Gasteiger partial charge in [-0.3, -0.25) is 5.21 Å². The molecule has 0 fully saturated rings. The standard InChI is InChI=1S/C14H14N2O3/c1-10-6-5-9-14(11(10)2)18-16-13-8-4-3-7-12(13)15(17)19-16/h3-9,17H,1-2H3. The van der Waals surface area contributed by atoms with Crippen LogP contribution in [0, 0.1) is 13.8 Å². The molecule has 0 unspecified atom stereocenters. The van der Waals surface area contributed by atoms with Crippen LogP contribution in [-0.2, 0) is 4.94 Å². The molecular formula is C14H14N2O3. The van der Waals surface area contributed by atoms with Crippen molar-refractivity contribution in [2.24, 2.45) is 0 Å². The maximum atomic E-state index is 9.64. The minimum Gasteiger partial charge on any atom is -0.351 e. The number of hydrogen-bond donors (Lipinski definition) is 1. The normalized spacial score (nSPS) is 13.6. The zero-order valence-corrected chi connectivity index (χ0v) is 10.7. The van der Waals surface area contributed by atoms with Crippen molar-refractivity contribution in [2.75, 3.05) is 10.5 Å². The first-order valence-electron chi connectivity index (χ1n) is 5.97. The molecule has 0 radical (unpaired) electrons. The van der Waals surface area contributed by atoms with Gasteiger partial charge in [-0.05, 0) is 43.2 Å². The quantitative estimate of drug-likeness (QED) is 0.896. The topological polar surface area (TPSA) is 45.2 Å².